The second-order valence-electron chi connectivity index (χ2n) is 6.97. The Morgan fingerprint density at radius 1 is 1.21 bits per heavy atom. The molecule has 1 atom stereocenters. The minimum Gasteiger partial charge on any atom is -0.353 e. The number of carbonyl (C=O) groups excluding carboxylic acids is 2. The van der Waals surface area contributed by atoms with Crippen LogP contribution in [0.2, 0.25) is 0 Å². The van der Waals surface area contributed by atoms with Crippen LogP contribution in [0.15, 0.2) is 54.6 Å². The lowest BCUT2D eigenvalue weighted by Crippen LogP contribution is -2.58. The van der Waals surface area contributed by atoms with Gasteiger partial charge in [-0.25, -0.2) is 4.39 Å². The van der Waals surface area contributed by atoms with Crippen LogP contribution < -0.4 is 5.32 Å². The molecule has 6 heteroatoms. The summed E-state index contributed by atoms with van der Waals surface area (Å²) in [5, 5.41) is 3.43. The number of aryl methyl sites for hydroxylation is 1. The zero-order valence-electron chi connectivity index (χ0n) is 15.5. The fraction of sp³-hybridized carbons (Fsp3) is 0.227. The van der Waals surface area contributed by atoms with E-state index in [2.05, 4.69) is 10.3 Å². The number of carbonyl (C=O) groups is 2. The number of rotatable bonds is 3. The summed E-state index contributed by atoms with van der Waals surface area (Å²) in [6.45, 7) is 2.60. The summed E-state index contributed by atoms with van der Waals surface area (Å²) in [5.41, 5.74) is 2.49. The van der Waals surface area contributed by atoms with E-state index in [1.807, 2.05) is 30.3 Å². The van der Waals surface area contributed by atoms with Gasteiger partial charge < -0.3 is 10.2 Å². The van der Waals surface area contributed by atoms with Crippen LogP contribution in [0.25, 0.3) is 10.9 Å². The molecule has 28 heavy (non-hydrogen) atoms. The van der Waals surface area contributed by atoms with E-state index in [0.717, 1.165) is 5.56 Å². The van der Waals surface area contributed by atoms with Crippen LogP contribution in [-0.4, -0.2) is 40.8 Å². The van der Waals surface area contributed by atoms with Gasteiger partial charge in [0, 0.05) is 36.7 Å². The zero-order chi connectivity index (χ0) is 19.7. The molecule has 0 saturated carbocycles. The maximum atomic E-state index is 13.6. The number of hydrogen-bond acceptors (Lipinski definition) is 3. The molecule has 2 aromatic carbocycles. The Kier molecular flexibility index (Phi) is 4.77. The minimum absolute atomic E-state index is 0.162. The predicted molar refractivity (Wildman–Crippen MR) is 104 cm³/mol. The van der Waals surface area contributed by atoms with E-state index in [0.29, 0.717) is 41.7 Å². The predicted octanol–water partition coefficient (Wildman–Crippen LogP) is 2.87. The average molecular weight is 377 g/mol. The van der Waals surface area contributed by atoms with E-state index in [1.165, 1.54) is 12.1 Å². The van der Waals surface area contributed by atoms with Crippen molar-refractivity contribution in [1.82, 2.24) is 15.2 Å². The van der Waals surface area contributed by atoms with Crippen molar-refractivity contribution in [2.24, 2.45) is 0 Å². The summed E-state index contributed by atoms with van der Waals surface area (Å²) >= 11 is 0. The fourth-order valence-corrected chi connectivity index (χ4v) is 3.66. The van der Waals surface area contributed by atoms with E-state index in [9.17, 15) is 14.0 Å². The highest BCUT2D eigenvalue weighted by atomic mass is 19.1. The normalized spacial score (nSPS) is 16.9. The van der Waals surface area contributed by atoms with Gasteiger partial charge in [0.2, 0.25) is 5.91 Å². The van der Waals surface area contributed by atoms with Crippen molar-refractivity contribution in [3.8, 4) is 0 Å². The molecule has 1 aliphatic heterocycles. The Bertz CT molecular complexity index is 1050. The monoisotopic (exact) mass is 377 g/mol. The molecule has 1 aliphatic rings. The molecule has 1 unspecified atom stereocenters. The second kappa shape index (κ2) is 7.38. The molecule has 3 aromatic rings. The summed E-state index contributed by atoms with van der Waals surface area (Å²) in [5.74, 6) is -0.800. The molecule has 1 saturated heterocycles. The molecular weight excluding hydrogens is 357 g/mol. The van der Waals surface area contributed by atoms with Crippen LogP contribution in [0, 0.1) is 12.7 Å². The summed E-state index contributed by atoms with van der Waals surface area (Å²) in [7, 11) is 0. The first-order valence-corrected chi connectivity index (χ1v) is 9.22. The number of aromatic nitrogens is 1. The molecule has 0 spiro atoms. The maximum Gasteiger partial charge on any atom is 0.255 e. The lowest BCUT2D eigenvalue weighted by atomic mass is 9.99. The van der Waals surface area contributed by atoms with Crippen molar-refractivity contribution in [1.29, 1.82) is 0 Å². The van der Waals surface area contributed by atoms with E-state index < -0.39 is 11.9 Å². The lowest BCUT2D eigenvalue weighted by Gasteiger charge is -2.35. The second-order valence-corrected chi connectivity index (χ2v) is 6.97. The Labute approximate surface area is 162 Å². The molecule has 0 bridgehead atoms. The van der Waals surface area contributed by atoms with Gasteiger partial charge in [0.05, 0.1) is 11.1 Å². The minimum atomic E-state index is -0.590. The first-order valence-electron chi connectivity index (χ1n) is 9.22. The van der Waals surface area contributed by atoms with Gasteiger partial charge in [0.1, 0.15) is 11.9 Å². The molecular formula is C22H20FN3O2. The van der Waals surface area contributed by atoms with Crippen LogP contribution in [-0.2, 0) is 11.2 Å². The number of halogens is 1. The summed E-state index contributed by atoms with van der Waals surface area (Å²) < 4.78 is 13.6. The number of nitrogens with one attached hydrogen (secondary N) is 1. The molecule has 2 amide bonds. The van der Waals surface area contributed by atoms with Gasteiger partial charge >= 0.3 is 0 Å². The quantitative estimate of drug-likeness (QED) is 0.764. The number of piperazine rings is 1. The zero-order valence-corrected chi connectivity index (χ0v) is 15.5. The highest BCUT2D eigenvalue weighted by molar-refractivity contribution is 6.07. The van der Waals surface area contributed by atoms with Crippen molar-refractivity contribution in [2.75, 3.05) is 13.1 Å². The molecule has 1 N–H and O–H groups in total. The third-order valence-electron chi connectivity index (χ3n) is 4.99. The highest BCUT2D eigenvalue weighted by Crippen LogP contribution is 2.23. The topological polar surface area (TPSA) is 62.3 Å². The number of amides is 2. The van der Waals surface area contributed by atoms with Crippen molar-refractivity contribution in [2.45, 2.75) is 19.4 Å². The third kappa shape index (κ3) is 3.45. The van der Waals surface area contributed by atoms with Crippen molar-refractivity contribution in [3.63, 3.8) is 0 Å². The van der Waals surface area contributed by atoms with Gasteiger partial charge in [0.25, 0.3) is 5.91 Å². The number of pyridine rings is 1. The Morgan fingerprint density at radius 3 is 2.79 bits per heavy atom. The van der Waals surface area contributed by atoms with Crippen LogP contribution in [0.1, 0.15) is 21.6 Å². The summed E-state index contributed by atoms with van der Waals surface area (Å²) in [4.78, 5) is 31.9. The SMILES string of the molecule is Cc1cc(C(=O)N2CCNC(=O)C2Cc2ccccc2)c2ccc(F)cc2n1. The molecule has 0 aliphatic carbocycles. The van der Waals surface area contributed by atoms with E-state index >= 15 is 0 Å². The van der Waals surface area contributed by atoms with Gasteiger partial charge in [-0.2, -0.15) is 0 Å². The molecule has 142 valence electrons. The molecule has 1 aromatic heterocycles. The smallest absolute Gasteiger partial charge is 0.255 e. The lowest BCUT2D eigenvalue weighted by molar-refractivity contribution is -0.127. The highest BCUT2D eigenvalue weighted by Gasteiger charge is 2.34. The van der Waals surface area contributed by atoms with Gasteiger partial charge in [-0.15, -0.1) is 0 Å². The van der Waals surface area contributed by atoms with Crippen LogP contribution in [0.3, 0.4) is 0 Å². The van der Waals surface area contributed by atoms with Gasteiger partial charge in [0.15, 0.2) is 0 Å². The largest absolute Gasteiger partial charge is 0.353 e. The Balaban J connectivity index is 1.73. The average Bonchev–Trinajstić information content (AvgIpc) is 2.69. The molecule has 2 heterocycles. The first-order chi connectivity index (χ1) is 13.5. The third-order valence-corrected chi connectivity index (χ3v) is 4.99. The van der Waals surface area contributed by atoms with Gasteiger partial charge in [-0.3, -0.25) is 14.6 Å². The van der Waals surface area contributed by atoms with Crippen LogP contribution >= 0.6 is 0 Å². The molecule has 0 radical (unpaired) electrons. The van der Waals surface area contributed by atoms with E-state index in [4.69, 9.17) is 0 Å². The number of benzene rings is 2. The van der Waals surface area contributed by atoms with Gasteiger partial charge in [-0.05, 0) is 30.7 Å². The maximum absolute atomic E-state index is 13.6. The molecule has 1 fully saturated rings. The molecule has 5 nitrogen and oxygen atoms in total. The standard InChI is InChI=1S/C22H20FN3O2/c1-14-11-18(17-8-7-16(23)13-19(17)25-14)22(28)26-10-9-24-21(27)20(26)12-15-5-3-2-4-6-15/h2-8,11,13,20H,9-10,12H2,1H3,(H,24,27). The number of nitrogens with zero attached hydrogens (tertiary/aromatic N) is 2. The fourth-order valence-electron chi connectivity index (χ4n) is 3.66. The van der Waals surface area contributed by atoms with Crippen LogP contribution in [0.4, 0.5) is 4.39 Å². The van der Waals surface area contributed by atoms with Crippen molar-refractivity contribution in [3.05, 3.63) is 77.2 Å². The van der Waals surface area contributed by atoms with E-state index in [1.54, 1.807) is 24.0 Å². The number of fused-ring (bicyclic) bond motifs is 1. The number of hydrogen-bond donors (Lipinski definition) is 1. The van der Waals surface area contributed by atoms with Crippen molar-refractivity contribution >= 4 is 22.7 Å². The molecule has 4 rings (SSSR count). The summed E-state index contributed by atoms with van der Waals surface area (Å²) in [6, 6.07) is 15.0. The Hall–Kier alpha value is -3.28. The summed E-state index contributed by atoms with van der Waals surface area (Å²) in [6.07, 6.45) is 0.440. The Morgan fingerprint density at radius 2 is 2.00 bits per heavy atom. The van der Waals surface area contributed by atoms with E-state index in [-0.39, 0.29) is 11.8 Å². The first kappa shape index (κ1) is 18.1. The van der Waals surface area contributed by atoms with Crippen LogP contribution in [0.5, 0.6) is 0 Å². The van der Waals surface area contributed by atoms with Crippen molar-refractivity contribution < 1.29 is 14.0 Å². The van der Waals surface area contributed by atoms with Gasteiger partial charge in [-0.1, -0.05) is 30.3 Å².